The molecule has 1 rings (SSSR count). The lowest BCUT2D eigenvalue weighted by Crippen LogP contribution is -2.32. The second-order valence-corrected chi connectivity index (χ2v) is 2.95. The summed E-state index contributed by atoms with van der Waals surface area (Å²) in [5, 5.41) is 6.56. The highest BCUT2D eigenvalue weighted by molar-refractivity contribution is 5.82. The average molecular weight is 167 g/mol. The highest BCUT2D eigenvalue weighted by Gasteiger charge is 2.08. The molecule has 0 aromatic rings. The predicted molar refractivity (Wildman–Crippen MR) is 47.6 cm³/mol. The van der Waals surface area contributed by atoms with Crippen molar-refractivity contribution < 1.29 is 4.79 Å². The fraction of sp³-hybridized carbons (Fsp3) is 0.500. The summed E-state index contributed by atoms with van der Waals surface area (Å²) >= 11 is 0. The summed E-state index contributed by atoms with van der Waals surface area (Å²) in [6, 6.07) is 0. The van der Waals surface area contributed by atoms with Crippen molar-refractivity contribution in [3.8, 4) is 0 Å². The first-order chi connectivity index (χ1) is 5.70. The molecule has 0 saturated carbocycles. The molecule has 0 fully saturated rings. The van der Waals surface area contributed by atoms with Crippen molar-refractivity contribution in [2.45, 2.75) is 13.8 Å². The molecule has 1 amide bonds. The second kappa shape index (κ2) is 3.90. The molecule has 0 spiro atoms. The Morgan fingerprint density at radius 1 is 1.75 bits per heavy atom. The number of hydrogen-bond acceptors (Lipinski definition) is 3. The molecule has 1 aliphatic rings. The average Bonchev–Trinajstić information content (AvgIpc) is 2.06. The molecule has 4 heteroatoms. The van der Waals surface area contributed by atoms with Crippen LogP contribution in [0.1, 0.15) is 13.8 Å². The lowest BCUT2D eigenvalue weighted by atomic mass is 10.2. The highest BCUT2D eigenvalue weighted by Crippen LogP contribution is 1.95. The number of amides is 1. The molecule has 4 nitrogen and oxygen atoms in total. The minimum atomic E-state index is 0.0183. The topological polar surface area (TPSA) is 53.5 Å². The lowest BCUT2D eigenvalue weighted by molar-refractivity contribution is -0.123. The summed E-state index contributed by atoms with van der Waals surface area (Å²) in [5.74, 6) is 0.0584. The van der Waals surface area contributed by atoms with E-state index in [0.29, 0.717) is 6.54 Å². The Bertz CT molecular complexity index is 230. The largest absolute Gasteiger partial charge is 0.328 e. The van der Waals surface area contributed by atoms with E-state index in [2.05, 4.69) is 15.8 Å². The number of nitrogens with zero attached hydrogens (tertiary/aromatic N) is 1. The van der Waals surface area contributed by atoms with E-state index >= 15 is 0 Å². The summed E-state index contributed by atoms with van der Waals surface area (Å²) in [6.07, 6.45) is 3.41. The van der Waals surface area contributed by atoms with Crippen molar-refractivity contribution in [1.29, 1.82) is 0 Å². The van der Waals surface area contributed by atoms with Crippen LogP contribution in [-0.4, -0.2) is 18.7 Å². The maximum atomic E-state index is 11.2. The van der Waals surface area contributed by atoms with Gasteiger partial charge in [0.05, 0.1) is 6.54 Å². The Kier molecular flexibility index (Phi) is 2.85. The van der Waals surface area contributed by atoms with Crippen molar-refractivity contribution in [2.24, 2.45) is 11.0 Å². The van der Waals surface area contributed by atoms with Gasteiger partial charge < -0.3 is 10.7 Å². The molecule has 0 aromatic heterocycles. The third-order valence-corrected chi connectivity index (χ3v) is 1.52. The van der Waals surface area contributed by atoms with Crippen LogP contribution in [0, 0.1) is 5.92 Å². The van der Waals surface area contributed by atoms with Crippen LogP contribution in [0.5, 0.6) is 0 Å². The fourth-order valence-electron chi connectivity index (χ4n) is 0.758. The molecule has 12 heavy (non-hydrogen) atoms. The zero-order chi connectivity index (χ0) is 8.97. The molecule has 0 bridgehead atoms. The first kappa shape index (κ1) is 8.77. The molecule has 2 N–H and O–H groups in total. The molecule has 1 heterocycles. The molecule has 1 aliphatic heterocycles. The van der Waals surface area contributed by atoms with E-state index in [-0.39, 0.29) is 11.8 Å². The molecule has 66 valence electrons. The monoisotopic (exact) mass is 167 g/mol. The zero-order valence-electron chi connectivity index (χ0n) is 7.29. The Hall–Kier alpha value is -1.32. The first-order valence-corrected chi connectivity index (χ1v) is 3.96. The van der Waals surface area contributed by atoms with Crippen molar-refractivity contribution in [2.75, 3.05) is 6.54 Å². The van der Waals surface area contributed by atoms with Crippen LogP contribution < -0.4 is 10.7 Å². The van der Waals surface area contributed by atoms with Gasteiger partial charge in [-0.15, -0.1) is 0 Å². The van der Waals surface area contributed by atoms with Gasteiger partial charge in [-0.25, -0.2) is 0 Å². The Morgan fingerprint density at radius 3 is 3.00 bits per heavy atom. The summed E-state index contributed by atoms with van der Waals surface area (Å²) in [4.78, 5) is 11.2. The maximum absolute atomic E-state index is 11.2. The van der Waals surface area contributed by atoms with Crippen molar-refractivity contribution in [1.82, 2.24) is 10.7 Å². The normalized spacial score (nSPS) is 15.4. The summed E-state index contributed by atoms with van der Waals surface area (Å²) in [5.41, 5.74) is 3.63. The standard InChI is InChI=1S/C8H13N3O/c1-6(2)8(12)11-7-3-4-9-10-5-7/h3-4,6,10H,5H2,1-2H3,(H,11,12). The molecule has 0 unspecified atom stereocenters. The van der Waals surface area contributed by atoms with Gasteiger partial charge in [-0.05, 0) is 6.08 Å². The number of hydrazone groups is 1. The molecule has 0 radical (unpaired) electrons. The van der Waals surface area contributed by atoms with E-state index in [1.54, 1.807) is 12.3 Å². The fourth-order valence-corrected chi connectivity index (χ4v) is 0.758. The highest BCUT2D eigenvalue weighted by atomic mass is 16.1. The van der Waals surface area contributed by atoms with Crippen LogP contribution in [0.2, 0.25) is 0 Å². The molecular weight excluding hydrogens is 154 g/mol. The van der Waals surface area contributed by atoms with Gasteiger partial charge in [-0.3, -0.25) is 4.79 Å². The smallest absolute Gasteiger partial charge is 0.226 e. The predicted octanol–water partition coefficient (Wildman–Crippen LogP) is 0.231. The molecule has 0 aliphatic carbocycles. The minimum absolute atomic E-state index is 0.0183. The van der Waals surface area contributed by atoms with Crippen LogP contribution in [0.4, 0.5) is 0 Å². The van der Waals surface area contributed by atoms with Gasteiger partial charge >= 0.3 is 0 Å². The number of rotatable bonds is 2. The third-order valence-electron chi connectivity index (χ3n) is 1.52. The Morgan fingerprint density at radius 2 is 2.50 bits per heavy atom. The van der Waals surface area contributed by atoms with Crippen LogP contribution in [0.15, 0.2) is 16.9 Å². The third kappa shape index (κ3) is 2.38. The maximum Gasteiger partial charge on any atom is 0.226 e. The summed E-state index contributed by atoms with van der Waals surface area (Å²) in [6.45, 7) is 4.31. The number of allylic oxidation sites excluding steroid dienone is 1. The van der Waals surface area contributed by atoms with Gasteiger partial charge in [0.2, 0.25) is 5.91 Å². The Balaban J connectivity index is 2.45. The van der Waals surface area contributed by atoms with Crippen molar-refractivity contribution >= 4 is 12.1 Å². The van der Waals surface area contributed by atoms with Gasteiger partial charge in [0.1, 0.15) is 0 Å². The van der Waals surface area contributed by atoms with Gasteiger partial charge in [0.15, 0.2) is 0 Å². The minimum Gasteiger partial charge on any atom is -0.328 e. The van der Waals surface area contributed by atoms with Crippen LogP contribution >= 0.6 is 0 Å². The number of carbonyl (C=O) groups is 1. The van der Waals surface area contributed by atoms with Gasteiger partial charge in [0, 0.05) is 17.8 Å². The summed E-state index contributed by atoms with van der Waals surface area (Å²) < 4.78 is 0. The number of hydrogen-bond donors (Lipinski definition) is 2. The SMILES string of the molecule is CC(C)C(=O)NC1=CC=NNC1. The second-order valence-electron chi connectivity index (χ2n) is 2.95. The van der Waals surface area contributed by atoms with Crippen molar-refractivity contribution in [3.05, 3.63) is 11.8 Å². The number of nitrogens with one attached hydrogen (secondary N) is 2. The lowest BCUT2D eigenvalue weighted by Gasteiger charge is -2.12. The van der Waals surface area contributed by atoms with Gasteiger partial charge in [0.25, 0.3) is 0 Å². The molecule has 0 atom stereocenters. The molecular formula is C8H13N3O. The molecule has 0 saturated heterocycles. The van der Waals surface area contributed by atoms with E-state index in [9.17, 15) is 4.79 Å². The van der Waals surface area contributed by atoms with Crippen LogP contribution in [0.25, 0.3) is 0 Å². The van der Waals surface area contributed by atoms with E-state index in [1.165, 1.54) is 0 Å². The van der Waals surface area contributed by atoms with Crippen LogP contribution in [0.3, 0.4) is 0 Å². The van der Waals surface area contributed by atoms with E-state index in [1.807, 2.05) is 13.8 Å². The van der Waals surface area contributed by atoms with Crippen LogP contribution in [-0.2, 0) is 4.79 Å². The summed E-state index contributed by atoms with van der Waals surface area (Å²) in [7, 11) is 0. The van der Waals surface area contributed by atoms with E-state index in [0.717, 1.165) is 5.70 Å². The quantitative estimate of drug-likeness (QED) is 0.618. The zero-order valence-corrected chi connectivity index (χ0v) is 7.29. The molecule has 0 aromatic carbocycles. The van der Waals surface area contributed by atoms with E-state index in [4.69, 9.17) is 0 Å². The first-order valence-electron chi connectivity index (χ1n) is 3.96. The van der Waals surface area contributed by atoms with Gasteiger partial charge in [-0.1, -0.05) is 13.8 Å². The number of carbonyl (C=O) groups excluding carboxylic acids is 1. The Labute approximate surface area is 71.7 Å². The van der Waals surface area contributed by atoms with E-state index < -0.39 is 0 Å². The van der Waals surface area contributed by atoms with Crippen molar-refractivity contribution in [3.63, 3.8) is 0 Å². The van der Waals surface area contributed by atoms with Gasteiger partial charge in [-0.2, -0.15) is 5.10 Å².